The molecule has 1 fully saturated rings. The third-order valence-electron chi connectivity index (χ3n) is 3.20. The number of hydrogen-bond acceptors (Lipinski definition) is 2. The van der Waals surface area contributed by atoms with Crippen molar-refractivity contribution in [2.45, 2.75) is 31.6 Å². The van der Waals surface area contributed by atoms with Crippen LogP contribution in [0.4, 0.5) is 13.2 Å². The van der Waals surface area contributed by atoms with Crippen molar-refractivity contribution in [1.82, 2.24) is 4.90 Å². The Bertz CT molecular complexity index is 473. The van der Waals surface area contributed by atoms with Crippen molar-refractivity contribution in [3.05, 3.63) is 35.4 Å². The summed E-state index contributed by atoms with van der Waals surface area (Å²) in [5, 5.41) is 0. The van der Waals surface area contributed by atoms with E-state index in [0.717, 1.165) is 18.6 Å². The van der Waals surface area contributed by atoms with Gasteiger partial charge in [0.25, 0.3) is 0 Å². The summed E-state index contributed by atoms with van der Waals surface area (Å²) in [6.07, 6.45) is -2.94. The molecule has 0 aliphatic carbocycles. The molecule has 0 radical (unpaired) electrons. The van der Waals surface area contributed by atoms with Crippen LogP contribution in [-0.4, -0.2) is 23.4 Å². The van der Waals surface area contributed by atoms with Gasteiger partial charge in [-0.2, -0.15) is 13.2 Å². The van der Waals surface area contributed by atoms with E-state index in [-0.39, 0.29) is 12.5 Å². The fourth-order valence-corrected chi connectivity index (χ4v) is 2.19. The lowest BCUT2D eigenvalue weighted by Gasteiger charge is -2.30. The lowest BCUT2D eigenvalue weighted by Crippen LogP contribution is -2.47. The van der Waals surface area contributed by atoms with Crippen LogP contribution in [0.15, 0.2) is 24.3 Å². The van der Waals surface area contributed by atoms with Crippen molar-refractivity contribution < 1.29 is 18.0 Å². The molecule has 1 atom stereocenters. The number of halogens is 3. The molecule has 0 unspecified atom stereocenters. The van der Waals surface area contributed by atoms with Gasteiger partial charge in [0, 0.05) is 13.1 Å². The number of nitrogens with two attached hydrogens (primary N) is 1. The summed E-state index contributed by atoms with van der Waals surface area (Å²) in [5.41, 5.74) is 5.42. The first-order valence-electron chi connectivity index (χ1n) is 6.08. The zero-order valence-electron chi connectivity index (χ0n) is 10.3. The van der Waals surface area contributed by atoms with E-state index in [2.05, 4.69) is 0 Å². The summed E-state index contributed by atoms with van der Waals surface area (Å²) in [7, 11) is 0. The Hall–Kier alpha value is -1.56. The number of piperidine rings is 1. The number of amides is 1. The van der Waals surface area contributed by atoms with Crippen molar-refractivity contribution in [1.29, 1.82) is 0 Å². The van der Waals surface area contributed by atoms with Gasteiger partial charge in [0.1, 0.15) is 0 Å². The molecular formula is C13H15F3N2O. The Morgan fingerprint density at radius 1 is 1.37 bits per heavy atom. The van der Waals surface area contributed by atoms with Gasteiger partial charge in [-0.1, -0.05) is 12.1 Å². The standard InChI is InChI=1S/C13H15F3N2O/c14-13(15,16)10-4-1-3-9(7-10)8-18-6-2-5-11(17)12(18)19/h1,3-4,7,11H,2,5-6,8,17H2/t11-/m0/s1. The second-order valence-electron chi connectivity index (χ2n) is 4.71. The molecule has 0 bridgehead atoms. The Morgan fingerprint density at radius 2 is 2.11 bits per heavy atom. The van der Waals surface area contributed by atoms with E-state index in [1.54, 1.807) is 6.07 Å². The number of benzene rings is 1. The second-order valence-corrected chi connectivity index (χ2v) is 4.71. The van der Waals surface area contributed by atoms with Gasteiger partial charge in [0.2, 0.25) is 5.91 Å². The Kier molecular flexibility index (Phi) is 3.80. The van der Waals surface area contributed by atoms with Crippen LogP contribution >= 0.6 is 0 Å². The molecule has 1 amide bonds. The highest BCUT2D eigenvalue weighted by Gasteiger charge is 2.31. The zero-order valence-corrected chi connectivity index (χ0v) is 10.3. The smallest absolute Gasteiger partial charge is 0.337 e. The van der Waals surface area contributed by atoms with E-state index in [0.29, 0.717) is 18.5 Å². The number of carbonyl (C=O) groups excluding carboxylic acids is 1. The van der Waals surface area contributed by atoms with Gasteiger partial charge in [-0.05, 0) is 30.5 Å². The Balaban J connectivity index is 2.13. The molecule has 1 aliphatic heterocycles. The predicted octanol–water partition coefficient (Wildman–Crippen LogP) is 2.16. The molecule has 1 saturated heterocycles. The quantitative estimate of drug-likeness (QED) is 0.896. The molecule has 19 heavy (non-hydrogen) atoms. The molecule has 0 aromatic heterocycles. The molecule has 3 nitrogen and oxygen atoms in total. The van der Waals surface area contributed by atoms with Gasteiger partial charge in [0.15, 0.2) is 0 Å². The molecule has 0 saturated carbocycles. The lowest BCUT2D eigenvalue weighted by atomic mass is 10.0. The number of hydrogen-bond donors (Lipinski definition) is 1. The monoisotopic (exact) mass is 272 g/mol. The highest BCUT2D eigenvalue weighted by Crippen LogP contribution is 2.29. The summed E-state index contributed by atoms with van der Waals surface area (Å²) < 4.78 is 37.8. The first-order valence-corrected chi connectivity index (χ1v) is 6.08. The summed E-state index contributed by atoms with van der Waals surface area (Å²) in [6, 6.07) is 4.51. The molecular weight excluding hydrogens is 257 g/mol. The van der Waals surface area contributed by atoms with Gasteiger partial charge in [0.05, 0.1) is 11.6 Å². The first-order chi connectivity index (χ1) is 8.88. The largest absolute Gasteiger partial charge is 0.416 e. The lowest BCUT2D eigenvalue weighted by molar-refractivity contribution is -0.137. The van der Waals surface area contributed by atoms with E-state index in [1.165, 1.54) is 11.0 Å². The van der Waals surface area contributed by atoms with E-state index >= 15 is 0 Å². The predicted molar refractivity (Wildman–Crippen MR) is 64.1 cm³/mol. The van der Waals surface area contributed by atoms with E-state index in [4.69, 9.17) is 5.73 Å². The molecule has 6 heteroatoms. The number of likely N-dealkylation sites (tertiary alicyclic amines) is 1. The minimum Gasteiger partial charge on any atom is -0.337 e. The van der Waals surface area contributed by atoms with Crippen molar-refractivity contribution in [2.24, 2.45) is 5.73 Å². The van der Waals surface area contributed by atoms with Crippen LogP contribution in [-0.2, 0) is 17.5 Å². The molecule has 1 aliphatic rings. The van der Waals surface area contributed by atoms with E-state index < -0.39 is 17.8 Å². The Labute approximate surface area is 109 Å². The van der Waals surface area contributed by atoms with Crippen molar-refractivity contribution in [2.75, 3.05) is 6.54 Å². The molecule has 1 aromatic rings. The number of nitrogens with zero attached hydrogens (tertiary/aromatic N) is 1. The van der Waals surface area contributed by atoms with Crippen molar-refractivity contribution >= 4 is 5.91 Å². The van der Waals surface area contributed by atoms with Crippen LogP contribution in [0, 0.1) is 0 Å². The average molecular weight is 272 g/mol. The highest BCUT2D eigenvalue weighted by atomic mass is 19.4. The van der Waals surface area contributed by atoms with Crippen molar-refractivity contribution in [3.63, 3.8) is 0 Å². The van der Waals surface area contributed by atoms with Crippen LogP contribution in [0.25, 0.3) is 0 Å². The van der Waals surface area contributed by atoms with Crippen LogP contribution < -0.4 is 5.73 Å². The maximum atomic E-state index is 12.6. The number of rotatable bonds is 2. The number of carbonyl (C=O) groups is 1. The zero-order chi connectivity index (χ0) is 14.0. The average Bonchev–Trinajstić information content (AvgIpc) is 2.34. The van der Waals surface area contributed by atoms with Crippen LogP contribution in [0.3, 0.4) is 0 Å². The maximum Gasteiger partial charge on any atom is 0.416 e. The highest BCUT2D eigenvalue weighted by molar-refractivity contribution is 5.82. The molecule has 104 valence electrons. The van der Waals surface area contributed by atoms with Gasteiger partial charge in [-0.25, -0.2) is 0 Å². The van der Waals surface area contributed by atoms with Crippen molar-refractivity contribution in [3.8, 4) is 0 Å². The van der Waals surface area contributed by atoms with Gasteiger partial charge >= 0.3 is 6.18 Å². The van der Waals surface area contributed by atoms with Gasteiger partial charge < -0.3 is 10.6 Å². The van der Waals surface area contributed by atoms with Crippen LogP contribution in [0.5, 0.6) is 0 Å². The fraction of sp³-hybridized carbons (Fsp3) is 0.462. The normalized spacial score (nSPS) is 20.7. The Morgan fingerprint density at radius 3 is 2.79 bits per heavy atom. The maximum absolute atomic E-state index is 12.6. The molecule has 1 aromatic carbocycles. The first kappa shape index (κ1) is 13.9. The summed E-state index contributed by atoms with van der Waals surface area (Å²) in [6.45, 7) is 0.721. The van der Waals surface area contributed by atoms with Gasteiger partial charge in [-0.15, -0.1) is 0 Å². The molecule has 1 heterocycles. The van der Waals surface area contributed by atoms with Crippen LogP contribution in [0.1, 0.15) is 24.0 Å². The minimum absolute atomic E-state index is 0.177. The fourth-order valence-electron chi connectivity index (χ4n) is 2.19. The summed E-state index contributed by atoms with van der Waals surface area (Å²) in [5.74, 6) is -0.191. The third kappa shape index (κ3) is 3.26. The summed E-state index contributed by atoms with van der Waals surface area (Å²) in [4.78, 5) is 13.3. The molecule has 2 rings (SSSR count). The minimum atomic E-state index is -4.36. The van der Waals surface area contributed by atoms with E-state index in [1.807, 2.05) is 0 Å². The van der Waals surface area contributed by atoms with Crippen LogP contribution in [0.2, 0.25) is 0 Å². The topological polar surface area (TPSA) is 46.3 Å². The van der Waals surface area contributed by atoms with Gasteiger partial charge in [-0.3, -0.25) is 4.79 Å². The third-order valence-corrected chi connectivity index (χ3v) is 3.20. The number of alkyl halides is 3. The molecule has 2 N–H and O–H groups in total. The molecule has 0 spiro atoms. The second kappa shape index (κ2) is 5.21. The SMILES string of the molecule is N[C@H]1CCCN(Cc2cccc(C(F)(F)F)c2)C1=O. The summed E-state index contributed by atoms with van der Waals surface area (Å²) >= 11 is 0. The van der Waals surface area contributed by atoms with E-state index in [9.17, 15) is 18.0 Å².